The van der Waals surface area contributed by atoms with Crippen LogP contribution in [-0.4, -0.2) is 19.0 Å². The van der Waals surface area contributed by atoms with E-state index in [-0.39, 0.29) is 0 Å². The van der Waals surface area contributed by atoms with Crippen LogP contribution in [0.2, 0.25) is 0 Å². The third-order valence-electron chi connectivity index (χ3n) is 3.35. The SMILES string of the molecule is CCCCC(CC)c1ccc(CN(C)C)cc1. The molecule has 0 aliphatic rings. The van der Waals surface area contributed by atoms with E-state index in [2.05, 4.69) is 57.1 Å². The van der Waals surface area contributed by atoms with Crippen LogP contribution >= 0.6 is 0 Å². The van der Waals surface area contributed by atoms with Crippen molar-refractivity contribution in [1.29, 1.82) is 0 Å². The second-order valence-electron chi connectivity index (χ2n) is 5.23. The second kappa shape index (κ2) is 7.50. The van der Waals surface area contributed by atoms with E-state index in [0.717, 1.165) is 12.5 Å². The molecule has 0 aliphatic carbocycles. The van der Waals surface area contributed by atoms with Crippen LogP contribution in [0.4, 0.5) is 0 Å². The first-order valence-electron chi connectivity index (χ1n) is 6.90. The Morgan fingerprint density at radius 1 is 1.06 bits per heavy atom. The zero-order valence-electron chi connectivity index (χ0n) is 11.9. The van der Waals surface area contributed by atoms with E-state index in [4.69, 9.17) is 0 Å². The van der Waals surface area contributed by atoms with Gasteiger partial charge in [0.1, 0.15) is 0 Å². The van der Waals surface area contributed by atoms with Gasteiger partial charge in [0.05, 0.1) is 0 Å². The Kier molecular flexibility index (Phi) is 6.28. The summed E-state index contributed by atoms with van der Waals surface area (Å²) < 4.78 is 0. The quantitative estimate of drug-likeness (QED) is 0.673. The average Bonchev–Trinajstić information content (AvgIpc) is 2.31. The molecular formula is C16H27N. The number of hydrogen-bond donors (Lipinski definition) is 0. The lowest BCUT2D eigenvalue weighted by molar-refractivity contribution is 0.402. The third-order valence-corrected chi connectivity index (χ3v) is 3.35. The Hall–Kier alpha value is -0.820. The Morgan fingerprint density at radius 3 is 2.18 bits per heavy atom. The molecule has 0 aliphatic heterocycles. The lowest BCUT2D eigenvalue weighted by atomic mass is 9.91. The molecule has 1 aromatic carbocycles. The maximum absolute atomic E-state index is 2.32. The molecule has 17 heavy (non-hydrogen) atoms. The van der Waals surface area contributed by atoms with Crippen molar-refractivity contribution < 1.29 is 0 Å². The first kappa shape index (κ1) is 14.2. The summed E-state index contributed by atoms with van der Waals surface area (Å²) in [6.45, 7) is 5.60. The third kappa shape index (κ3) is 4.91. The van der Waals surface area contributed by atoms with Gasteiger partial charge in [-0.25, -0.2) is 0 Å². The van der Waals surface area contributed by atoms with Gasteiger partial charge < -0.3 is 4.90 Å². The first-order chi connectivity index (χ1) is 8.17. The fourth-order valence-corrected chi connectivity index (χ4v) is 2.32. The Labute approximate surface area is 107 Å². The van der Waals surface area contributed by atoms with Gasteiger partial charge in [-0.15, -0.1) is 0 Å². The van der Waals surface area contributed by atoms with Gasteiger partial charge in [-0.05, 0) is 44.0 Å². The maximum atomic E-state index is 2.32. The van der Waals surface area contributed by atoms with Crippen molar-refractivity contribution in [3.05, 3.63) is 35.4 Å². The summed E-state index contributed by atoms with van der Waals surface area (Å²) in [5.41, 5.74) is 2.92. The molecule has 0 spiro atoms. The summed E-state index contributed by atoms with van der Waals surface area (Å²) >= 11 is 0. The molecule has 1 unspecified atom stereocenters. The number of hydrogen-bond acceptors (Lipinski definition) is 1. The van der Waals surface area contributed by atoms with E-state index in [0.29, 0.717) is 0 Å². The zero-order valence-corrected chi connectivity index (χ0v) is 11.9. The molecule has 0 saturated carbocycles. The lowest BCUT2D eigenvalue weighted by Crippen LogP contribution is -2.10. The van der Waals surface area contributed by atoms with Gasteiger partial charge in [0.25, 0.3) is 0 Å². The average molecular weight is 233 g/mol. The number of benzene rings is 1. The van der Waals surface area contributed by atoms with Gasteiger partial charge in [0.15, 0.2) is 0 Å². The highest BCUT2D eigenvalue weighted by atomic mass is 15.0. The minimum atomic E-state index is 0.753. The molecule has 96 valence electrons. The summed E-state index contributed by atoms with van der Waals surface area (Å²) in [5, 5.41) is 0. The topological polar surface area (TPSA) is 3.24 Å². The lowest BCUT2D eigenvalue weighted by Gasteiger charge is -2.16. The Morgan fingerprint density at radius 2 is 1.71 bits per heavy atom. The van der Waals surface area contributed by atoms with Gasteiger partial charge in [-0.1, -0.05) is 51.0 Å². The smallest absolute Gasteiger partial charge is 0.0227 e. The molecule has 0 radical (unpaired) electrons. The molecule has 0 aromatic heterocycles. The van der Waals surface area contributed by atoms with Crippen molar-refractivity contribution in [3.8, 4) is 0 Å². The number of unbranched alkanes of at least 4 members (excludes halogenated alkanes) is 1. The molecule has 0 amide bonds. The van der Waals surface area contributed by atoms with E-state index >= 15 is 0 Å². The Balaban J connectivity index is 2.64. The minimum Gasteiger partial charge on any atom is -0.305 e. The minimum absolute atomic E-state index is 0.753. The van der Waals surface area contributed by atoms with Crippen molar-refractivity contribution in [2.24, 2.45) is 0 Å². The van der Waals surface area contributed by atoms with Crippen LogP contribution in [0.15, 0.2) is 24.3 Å². The van der Waals surface area contributed by atoms with E-state index < -0.39 is 0 Å². The maximum Gasteiger partial charge on any atom is 0.0227 e. The van der Waals surface area contributed by atoms with Gasteiger partial charge >= 0.3 is 0 Å². The summed E-state index contributed by atoms with van der Waals surface area (Å²) in [4.78, 5) is 2.21. The highest BCUT2D eigenvalue weighted by Gasteiger charge is 2.08. The van der Waals surface area contributed by atoms with Crippen LogP contribution < -0.4 is 0 Å². The van der Waals surface area contributed by atoms with Crippen LogP contribution in [0.25, 0.3) is 0 Å². The van der Waals surface area contributed by atoms with Crippen LogP contribution in [0.1, 0.15) is 56.6 Å². The Bertz CT molecular complexity index is 300. The van der Waals surface area contributed by atoms with Crippen LogP contribution in [0.5, 0.6) is 0 Å². The predicted molar refractivity (Wildman–Crippen MR) is 76.4 cm³/mol. The largest absolute Gasteiger partial charge is 0.305 e. The molecule has 0 bridgehead atoms. The molecule has 1 atom stereocenters. The molecule has 1 nitrogen and oxygen atoms in total. The first-order valence-corrected chi connectivity index (χ1v) is 6.90. The molecule has 1 heteroatoms. The zero-order chi connectivity index (χ0) is 12.7. The van der Waals surface area contributed by atoms with E-state index in [1.165, 1.54) is 36.8 Å². The van der Waals surface area contributed by atoms with Crippen LogP contribution in [-0.2, 0) is 6.54 Å². The molecular weight excluding hydrogens is 206 g/mol. The van der Waals surface area contributed by atoms with Crippen molar-refractivity contribution >= 4 is 0 Å². The summed E-state index contributed by atoms with van der Waals surface area (Å²) in [5.74, 6) is 0.753. The summed E-state index contributed by atoms with van der Waals surface area (Å²) in [7, 11) is 4.23. The van der Waals surface area contributed by atoms with Gasteiger partial charge in [-0.3, -0.25) is 0 Å². The summed E-state index contributed by atoms with van der Waals surface area (Å²) in [6.07, 6.45) is 5.24. The van der Waals surface area contributed by atoms with Crippen molar-refractivity contribution in [1.82, 2.24) is 4.90 Å². The fourth-order valence-electron chi connectivity index (χ4n) is 2.32. The van der Waals surface area contributed by atoms with Crippen molar-refractivity contribution in [3.63, 3.8) is 0 Å². The highest BCUT2D eigenvalue weighted by Crippen LogP contribution is 2.25. The molecule has 0 fully saturated rings. The van der Waals surface area contributed by atoms with Gasteiger partial charge in [0.2, 0.25) is 0 Å². The second-order valence-corrected chi connectivity index (χ2v) is 5.23. The number of nitrogens with zero attached hydrogens (tertiary/aromatic N) is 1. The van der Waals surface area contributed by atoms with Crippen LogP contribution in [0, 0.1) is 0 Å². The van der Waals surface area contributed by atoms with Gasteiger partial charge in [0, 0.05) is 6.54 Å². The van der Waals surface area contributed by atoms with Crippen molar-refractivity contribution in [2.75, 3.05) is 14.1 Å². The fraction of sp³-hybridized carbons (Fsp3) is 0.625. The van der Waals surface area contributed by atoms with Crippen LogP contribution in [0.3, 0.4) is 0 Å². The van der Waals surface area contributed by atoms with E-state index in [1.807, 2.05) is 0 Å². The standard InChI is InChI=1S/C16H27N/c1-5-7-8-15(6-2)16-11-9-14(10-12-16)13-17(3)4/h9-12,15H,5-8,13H2,1-4H3. The van der Waals surface area contributed by atoms with Crippen molar-refractivity contribution in [2.45, 2.75) is 52.0 Å². The molecule has 0 saturated heterocycles. The monoisotopic (exact) mass is 233 g/mol. The predicted octanol–water partition coefficient (Wildman–Crippen LogP) is 4.43. The molecule has 1 aromatic rings. The van der Waals surface area contributed by atoms with E-state index in [1.54, 1.807) is 0 Å². The normalized spacial score (nSPS) is 13.0. The summed E-state index contributed by atoms with van der Waals surface area (Å²) in [6, 6.07) is 9.21. The molecule has 0 N–H and O–H groups in total. The van der Waals surface area contributed by atoms with E-state index in [9.17, 15) is 0 Å². The molecule has 1 rings (SSSR count). The van der Waals surface area contributed by atoms with Gasteiger partial charge in [-0.2, -0.15) is 0 Å². The number of rotatable bonds is 7. The molecule has 0 heterocycles. The highest BCUT2D eigenvalue weighted by molar-refractivity contribution is 5.25.